The topological polar surface area (TPSA) is 29.3 Å². The first-order chi connectivity index (χ1) is 8.86. The van der Waals surface area contributed by atoms with Crippen molar-refractivity contribution >= 4 is 5.69 Å². The van der Waals surface area contributed by atoms with E-state index in [9.17, 15) is 0 Å². The molecule has 1 aliphatic heterocycles. The second kappa shape index (κ2) is 5.31. The molecule has 0 unspecified atom stereocenters. The van der Waals surface area contributed by atoms with Gasteiger partial charge in [0, 0.05) is 18.8 Å². The van der Waals surface area contributed by atoms with Crippen LogP contribution in [0.15, 0.2) is 18.2 Å². The number of anilines is 1. The van der Waals surface area contributed by atoms with Gasteiger partial charge in [-0.3, -0.25) is 0 Å². The van der Waals surface area contributed by atoms with Crippen LogP contribution in [0.2, 0.25) is 0 Å². The van der Waals surface area contributed by atoms with Crippen LogP contribution in [0, 0.1) is 5.92 Å². The summed E-state index contributed by atoms with van der Waals surface area (Å²) >= 11 is 0. The van der Waals surface area contributed by atoms with E-state index in [1.165, 1.54) is 50.0 Å². The molecule has 0 spiro atoms. The summed E-state index contributed by atoms with van der Waals surface area (Å²) in [5.41, 5.74) is 10.1. The fourth-order valence-corrected chi connectivity index (χ4v) is 3.13. The molecule has 0 atom stereocenters. The molecule has 1 aromatic carbocycles. The van der Waals surface area contributed by atoms with E-state index in [1.807, 2.05) is 0 Å². The summed E-state index contributed by atoms with van der Waals surface area (Å²) < 4.78 is 0. The Morgan fingerprint density at radius 2 is 2.17 bits per heavy atom. The molecular formula is C16H24N2. The highest BCUT2D eigenvalue weighted by atomic mass is 15.1. The largest absolute Gasteiger partial charge is 0.371 e. The number of hydrogen-bond acceptors (Lipinski definition) is 2. The van der Waals surface area contributed by atoms with E-state index in [-0.39, 0.29) is 0 Å². The second-order valence-electron chi connectivity index (χ2n) is 5.85. The predicted octanol–water partition coefficient (Wildman–Crippen LogP) is 2.74. The highest BCUT2D eigenvalue weighted by molar-refractivity contribution is 5.59. The van der Waals surface area contributed by atoms with Crippen LogP contribution in [0.1, 0.15) is 36.8 Å². The molecule has 2 aliphatic rings. The van der Waals surface area contributed by atoms with Gasteiger partial charge in [-0.15, -0.1) is 0 Å². The summed E-state index contributed by atoms with van der Waals surface area (Å²) in [4.78, 5) is 2.62. The quantitative estimate of drug-likeness (QED) is 0.863. The number of hydrogen-bond donors (Lipinski definition) is 1. The zero-order valence-electron chi connectivity index (χ0n) is 11.2. The molecule has 3 rings (SSSR count). The summed E-state index contributed by atoms with van der Waals surface area (Å²) in [5.74, 6) is 0.962. The molecule has 0 bridgehead atoms. The Hall–Kier alpha value is -1.02. The number of aryl methyl sites for hydroxylation is 1. The molecule has 1 aliphatic carbocycles. The fraction of sp³-hybridized carbons (Fsp3) is 0.625. The molecule has 1 aromatic rings. The SMILES string of the molecule is NCCCc1ccc2c(c1)N(CC1CCC1)CC2. The summed E-state index contributed by atoms with van der Waals surface area (Å²) in [5, 5.41) is 0. The molecule has 1 fully saturated rings. The number of nitrogens with zero attached hydrogens (tertiary/aromatic N) is 1. The third kappa shape index (κ3) is 2.39. The van der Waals surface area contributed by atoms with Crippen molar-refractivity contribution in [2.24, 2.45) is 11.7 Å². The molecule has 1 heterocycles. The molecule has 1 saturated carbocycles. The minimum Gasteiger partial charge on any atom is -0.371 e. The molecule has 0 radical (unpaired) electrons. The lowest BCUT2D eigenvalue weighted by molar-refractivity contribution is 0.319. The maximum atomic E-state index is 5.60. The summed E-state index contributed by atoms with van der Waals surface area (Å²) in [7, 11) is 0. The van der Waals surface area contributed by atoms with E-state index in [4.69, 9.17) is 5.73 Å². The number of fused-ring (bicyclic) bond motifs is 1. The number of benzene rings is 1. The van der Waals surface area contributed by atoms with E-state index < -0.39 is 0 Å². The molecule has 2 heteroatoms. The Morgan fingerprint density at radius 1 is 1.28 bits per heavy atom. The smallest absolute Gasteiger partial charge is 0.0402 e. The van der Waals surface area contributed by atoms with Gasteiger partial charge in [0.05, 0.1) is 0 Å². The molecule has 0 saturated heterocycles. The normalized spacial score (nSPS) is 18.8. The Morgan fingerprint density at radius 3 is 2.89 bits per heavy atom. The maximum absolute atomic E-state index is 5.60. The monoisotopic (exact) mass is 244 g/mol. The van der Waals surface area contributed by atoms with Gasteiger partial charge in [0.2, 0.25) is 0 Å². The number of nitrogens with two attached hydrogens (primary N) is 1. The van der Waals surface area contributed by atoms with Gasteiger partial charge in [-0.1, -0.05) is 18.6 Å². The minimum absolute atomic E-state index is 0.795. The van der Waals surface area contributed by atoms with Crippen molar-refractivity contribution in [1.29, 1.82) is 0 Å². The lowest BCUT2D eigenvalue weighted by Crippen LogP contribution is -2.31. The third-order valence-corrected chi connectivity index (χ3v) is 4.51. The Labute approximate surface area is 110 Å². The highest BCUT2D eigenvalue weighted by Crippen LogP contribution is 2.34. The zero-order chi connectivity index (χ0) is 12.4. The van der Waals surface area contributed by atoms with Gasteiger partial charge in [-0.2, -0.15) is 0 Å². The predicted molar refractivity (Wildman–Crippen MR) is 77.1 cm³/mol. The van der Waals surface area contributed by atoms with Crippen LogP contribution < -0.4 is 10.6 Å². The maximum Gasteiger partial charge on any atom is 0.0402 e. The third-order valence-electron chi connectivity index (χ3n) is 4.51. The van der Waals surface area contributed by atoms with Crippen LogP contribution in [0.4, 0.5) is 5.69 Å². The lowest BCUT2D eigenvalue weighted by Gasteiger charge is -2.31. The van der Waals surface area contributed by atoms with Crippen molar-refractivity contribution in [3.05, 3.63) is 29.3 Å². The van der Waals surface area contributed by atoms with Gasteiger partial charge >= 0.3 is 0 Å². The van der Waals surface area contributed by atoms with Crippen molar-refractivity contribution in [3.8, 4) is 0 Å². The first-order valence-corrected chi connectivity index (χ1v) is 7.43. The van der Waals surface area contributed by atoms with Crippen molar-refractivity contribution < 1.29 is 0 Å². The van der Waals surface area contributed by atoms with Crippen LogP contribution in [0.5, 0.6) is 0 Å². The van der Waals surface area contributed by atoms with E-state index in [0.717, 1.165) is 25.3 Å². The van der Waals surface area contributed by atoms with Crippen LogP contribution in [-0.4, -0.2) is 19.6 Å². The molecule has 18 heavy (non-hydrogen) atoms. The number of rotatable bonds is 5. The molecule has 0 amide bonds. The van der Waals surface area contributed by atoms with Crippen LogP contribution in [0.25, 0.3) is 0 Å². The summed E-state index contributed by atoms with van der Waals surface area (Å²) in [6, 6.07) is 7.04. The first kappa shape index (κ1) is 12.0. The average molecular weight is 244 g/mol. The van der Waals surface area contributed by atoms with E-state index in [2.05, 4.69) is 23.1 Å². The standard InChI is InChI=1S/C16H24N2/c17-9-2-5-13-6-7-15-8-10-18(16(15)11-13)12-14-3-1-4-14/h6-7,11,14H,1-5,8-10,12,17H2. The highest BCUT2D eigenvalue weighted by Gasteiger charge is 2.25. The Bertz CT molecular complexity index is 410. The van der Waals surface area contributed by atoms with Crippen molar-refractivity contribution in [1.82, 2.24) is 0 Å². The Kier molecular flexibility index (Phi) is 3.55. The van der Waals surface area contributed by atoms with E-state index in [0.29, 0.717) is 0 Å². The van der Waals surface area contributed by atoms with Gasteiger partial charge in [-0.05, 0) is 61.8 Å². The molecule has 2 nitrogen and oxygen atoms in total. The van der Waals surface area contributed by atoms with Gasteiger partial charge in [0.1, 0.15) is 0 Å². The van der Waals surface area contributed by atoms with E-state index >= 15 is 0 Å². The van der Waals surface area contributed by atoms with Gasteiger partial charge in [-0.25, -0.2) is 0 Å². The van der Waals surface area contributed by atoms with Gasteiger partial charge in [0.15, 0.2) is 0 Å². The summed E-state index contributed by atoms with van der Waals surface area (Å²) in [6.45, 7) is 3.31. The zero-order valence-corrected chi connectivity index (χ0v) is 11.2. The van der Waals surface area contributed by atoms with E-state index in [1.54, 1.807) is 5.56 Å². The molecular weight excluding hydrogens is 220 g/mol. The average Bonchev–Trinajstić information content (AvgIpc) is 2.74. The van der Waals surface area contributed by atoms with Crippen molar-refractivity contribution in [2.75, 3.05) is 24.5 Å². The van der Waals surface area contributed by atoms with Gasteiger partial charge < -0.3 is 10.6 Å². The molecule has 0 aromatic heterocycles. The van der Waals surface area contributed by atoms with Crippen LogP contribution in [0.3, 0.4) is 0 Å². The van der Waals surface area contributed by atoms with Gasteiger partial charge in [0.25, 0.3) is 0 Å². The molecule has 98 valence electrons. The lowest BCUT2D eigenvalue weighted by atomic mass is 9.85. The Balaban J connectivity index is 1.71. The minimum atomic E-state index is 0.795. The van der Waals surface area contributed by atoms with Crippen LogP contribution in [-0.2, 0) is 12.8 Å². The fourth-order valence-electron chi connectivity index (χ4n) is 3.13. The van der Waals surface area contributed by atoms with Crippen LogP contribution >= 0.6 is 0 Å². The van der Waals surface area contributed by atoms with Crippen molar-refractivity contribution in [3.63, 3.8) is 0 Å². The summed E-state index contributed by atoms with van der Waals surface area (Å²) in [6.07, 6.45) is 7.79. The van der Waals surface area contributed by atoms with Crippen molar-refractivity contribution in [2.45, 2.75) is 38.5 Å². The second-order valence-corrected chi connectivity index (χ2v) is 5.85. The first-order valence-electron chi connectivity index (χ1n) is 7.43. The molecule has 2 N–H and O–H groups in total.